The summed E-state index contributed by atoms with van der Waals surface area (Å²) in [5, 5.41) is 6.57. The zero-order valence-corrected chi connectivity index (χ0v) is 15.4. The van der Waals surface area contributed by atoms with Crippen molar-refractivity contribution < 1.29 is 4.74 Å². The lowest BCUT2D eigenvalue weighted by molar-refractivity contribution is -0.00545. The van der Waals surface area contributed by atoms with Crippen molar-refractivity contribution in [1.82, 2.24) is 15.6 Å². The molecule has 0 bridgehead atoms. The van der Waals surface area contributed by atoms with Crippen molar-refractivity contribution in [2.24, 2.45) is 4.99 Å². The molecule has 6 nitrogen and oxygen atoms in total. The summed E-state index contributed by atoms with van der Waals surface area (Å²) in [6.07, 6.45) is 3.49. The molecule has 1 aromatic rings. The van der Waals surface area contributed by atoms with Crippen molar-refractivity contribution in [3.05, 3.63) is 23.9 Å². The molecule has 2 rings (SSSR count). The van der Waals surface area contributed by atoms with E-state index in [2.05, 4.69) is 65.3 Å². The summed E-state index contributed by atoms with van der Waals surface area (Å²) in [5.74, 6) is 1.87. The second-order valence-corrected chi connectivity index (χ2v) is 6.31. The van der Waals surface area contributed by atoms with E-state index in [-0.39, 0.29) is 12.2 Å². The highest BCUT2D eigenvalue weighted by atomic mass is 16.5. The van der Waals surface area contributed by atoms with Crippen LogP contribution in [0.1, 0.15) is 39.7 Å². The second kappa shape index (κ2) is 9.47. The SMILES string of the molecule is CCCNC(=NCc1ccc(N2CC(C)OC(C)C2)nc1)NCC. The van der Waals surface area contributed by atoms with Crippen LogP contribution >= 0.6 is 0 Å². The highest BCUT2D eigenvalue weighted by Gasteiger charge is 2.22. The minimum absolute atomic E-state index is 0.243. The summed E-state index contributed by atoms with van der Waals surface area (Å²) in [7, 11) is 0. The van der Waals surface area contributed by atoms with Crippen LogP contribution in [0.3, 0.4) is 0 Å². The topological polar surface area (TPSA) is 61.8 Å². The van der Waals surface area contributed by atoms with Gasteiger partial charge < -0.3 is 20.3 Å². The third-order valence-corrected chi connectivity index (χ3v) is 3.86. The number of hydrogen-bond donors (Lipinski definition) is 2. The number of nitrogens with zero attached hydrogens (tertiary/aromatic N) is 3. The number of ether oxygens (including phenoxy) is 1. The molecule has 2 atom stereocenters. The van der Waals surface area contributed by atoms with Gasteiger partial charge in [-0.2, -0.15) is 0 Å². The Balaban J connectivity index is 1.95. The minimum Gasteiger partial charge on any atom is -0.372 e. The zero-order chi connectivity index (χ0) is 17.4. The molecular weight excluding hydrogens is 302 g/mol. The number of anilines is 1. The smallest absolute Gasteiger partial charge is 0.191 e. The number of pyridine rings is 1. The standard InChI is InChI=1S/C18H31N5O/c1-5-9-20-18(19-6-2)22-11-16-7-8-17(21-10-16)23-12-14(3)24-15(4)13-23/h7-8,10,14-15H,5-6,9,11-13H2,1-4H3,(H2,19,20,22). The van der Waals surface area contributed by atoms with Crippen LogP contribution in [0, 0.1) is 0 Å². The molecule has 2 unspecified atom stereocenters. The number of hydrogen-bond acceptors (Lipinski definition) is 4. The molecule has 2 N–H and O–H groups in total. The van der Waals surface area contributed by atoms with Crippen LogP contribution in [0.4, 0.5) is 5.82 Å². The van der Waals surface area contributed by atoms with Crippen molar-refractivity contribution in [3.8, 4) is 0 Å². The third kappa shape index (κ3) is 5.67. The Morgan fingerprint density at radius 2 is 2.00 bits per heavy atom. The maximum Gasteiger partial charge on any atom is 0.191 e. The molecule has 24 heavy (non-hydrogen) atoms. The molecule has 0 aliphatic carbocycles. The predicted octanol–water partition coefficient (Wildman–Crippen LogP) is 2.16. The highest BCUT2D eigenvalue weighted by molar-refractivity contribution is 5.79. The van der Waals surface area contributed by atoms with Crippen molar-refractivity contribution >= 4 is 11.8 Å². The molecular formula is C18H31N5O. The molecule has 1 aliphatic heterocycles. The zero-order valence-electron chi connectivity index (χ0n) is 15.4. The average molecular weight is 333 g/mol. The number of rotatable bonds is 6. The van der Waals surface area contributed by atoms with Crippen LogP contribution in [-0.2, 0) is 11.3 Å². The largest absolute Gasteiger partial charge is 0.372 e. The van der Waals surface area contributed by atoms with E-state index >= 15 is 0 Å². The molecule has 0 saturated carbocycles. The molecule has 134 valence electrons. The molecule has 1 saturated heterocycles. The number of aliphatic imine (C=N–C) groups is 1. The van der Waals surface area contributed by atoms with Gasteiger partial charge in [0, 0.05) is 32.4 Å². The van der Waals surface area contributed by atoms with Gasteiger partial charge in [-0.25, -0.2) is 9.98 Å². The summed E-state index contributed by atoms with van der Waals surface area (Å²) in [6, 6.07) is 4.20. The maximum atomic E-state index is 5.78. The van der Waals surface area contributed by atoms with E-state index in [4.69, 9.17) is 4.74 Å². The Morgan fingerprint density at radius 3 is 2.58 bits per heavy atom. The molecule has 0 amide bonds. The van der Waals surface area contributed by atoms with Crippen LogP contribution in [-0.4, -0.2) is 49.3 Å². The molecule has 0 radical (unpaired) electrons. The van der Waals surface area contributed by atoms with Crippen LogP contribution in [0.15, 0.2) is 23.3 Å². The summed E-state index contributed by atoms with van der Waals surface area (Å²) in [4.78, 5) is 11.5. The Hall–Kier alpha value is -1.82. The number of morpholine rings is 1. The fourth-order valence-corrected chi connectivity index (χ4v) is 2.82. The summed E-state index contributed by atoms with van der Waals surface area (Å²) in [6.45, 7) is 12.6. The Bertz CT molecular complexity index is 507. The monoisotopic (exact) mass is 333 g/mol. The van der Waals surface area contributed by atoms with Crippen LogP contribution in [0.25, 0.3) is 0 Å². The van der Waals surface area contributed by atoms with E-state index in [1.807, 2.05) is 6.20 Å². The van der Waals surface area contributed by atoms with Gasteiger partial charge in [0.05, 0.1) is 18.8 Å². The van der Waals surface area contributed by atoms with Crippen LogP contribution in [0.5, 0.6) is 0 Å². The Morgan fingerprint density at radius 1 is 1.25 bits per heavy atom. The molecule has 1 fully saturated rings. The molecule has 0 spiro atoms. The van der Waals surface area contributed by atoms with Gasteiger partial charge in [0.1, 0.15) is 5.82 Å². The van der Waals surface area contributed by atoms with E-state index in [1.54, 1.807) is 0 Å². The van der Waals surface area contributed by atoms with Gasteiger partial charge in [0.2, 0.25) is 0 Å². The summed E-state index contributed by atoms with van der Waals surface area (Å²) < 4.78 is 5.78. The van der Waals surface area contributed by atoms with Gasteiger partial charge in [0.15, 0.2) is 5.96 Å². The normalized spacial score (nSPS) is 21.7. The first-order valence-electron chi connectivity index (χ1n) is 8.99. The van der Waals surface area contributed by atoms with E-state index in [1.165, 1.54) is 0 Å². The van der Waals surface area contributed by atoms with Crippen molar-refractivity contribution in [3.63, 3.8) is 0 Å². The predicted molar refractivity (Wildman–Crippen MR) is 99.6 cm³/mol. The van der Waals surface area contributed by atoms with E-state index in [0.717, 1.165) is 49.9 Å². The van der Waals surface area contributed by atoms with Gasteiger partial charge >= 0.3 is 0 Å². The van der Waals surface area contributed by atoms with Crippen molar-refractivity contribution in [1.29, 1.82) is 0 Å². The highest BCUT2D eigenvalue weighted by Crippen LogP contribution is 2.18. The molecule has 1 aromatic heterocycles. The first-order chi connectivity index (χ1) is 11.6. The fourth-order valence-electron chi connectivity index (χ4n) is 2.82. The van der Waals surface area contributed by atoms with Gasteiger partial charge in [0.25, 0.3) is 0 Å². The summed E-state index contributed by atoms with van der Waals surface area (Å²) in [5.41, 5.74) is 1.11. The lowest BCUT2D eigenvalue weighted by Gasteiger charge is -2.36. The maximum absolute atomic E-state index is 5.78. The molecule has 2 heterocycles. The molecule has 0 aromatic carbocycles. The number of aromatic nitrogens is 1. The first kappa shape index (κ1) is 18.5. The van der Waals surface area contributed by atoms with Gasteiger partial charge in [-0.1, -0.05) is 13.0 Å². The summed E-state index contributed by atoms with van der Waals surface area (Å²) >= 11 is 0. The van der Waals surface area contributed by atoms with Gasteiger partial charge in [-0.05, 0) is 38.8 Å². The van der Waals surface area contributed by atoms with Crippen LogP contribution < -0.4 is 15.5 Å². The third-order valence-electron chi connectivity index (χ3n) is 3.86. The molecule has 6 heteroatoms. The lowest BCUT2D eigenvalue weighted by Crippen LogP contribution is -2.45. The Labute approximate surface area is 145 Å². The number of guanidine groups is 1. The van der Waals surface area contributed by atoms with E-state index < -0.39 is 0 Å². The number of nitrogens with one attached hydrogen (secondary N) is 2. The van der Waals surface area contributed by atoms with Crippen molar-refractivity contribution in [2.75, 3.05) is 31.1 Å². The molecule has 1 aliphatic rings. The first-order valence-corrected chi connectivity index (χ1v) is 8.99. The lowest BCUT2D eigenvalue weighted by atomic mass is 10.2. The fraction of sp³-hybridized carbons (Fsp3) is 0.667. The van der Waals surface area contributed by atoms with Gasteiger partial charge in [-0.3, -0.25) is 0 Å². The average Bonchev–Trinajstić information content (AvgIpc) is 2.57. The Kier molecular flexibility index (Phi) is 7.31. The van der Waals surface area contributed by atoms with Crippen molar-refractivity contribution in [2.45, 2.75) is 52.9 Å². The second-order valence-electron chi connectivity index (χ2n) is 6.31. The van der Waals surface area contributed by atoms with E-state index in [0.29, 0.717) is 6.54 Å². The minimum atomic E-state index is 0.243. The van der Waals surface area contributed by atoms with Gasteiger partial charge in [-0.15, -0.1) is 0 Å². The van der Waals surface area contributed by atoms with Crippen LogP contribution in [0.2, 0.25) is 0 Å². The quantitative estimate of drug-likeness (QED) is 0.617. The van der Waals surface area contributed by atoms with E-state index in [9.17, 15) is 0 Å².